The van der Waals surface area contributed by atoms with Crippen LogP contribution < -0.4 is 0 Å². The molecule has 1 unspecified atom stereocenters. The summed E-state index contributed by atoms with van der Waals surface area (Å²) in [5, 5.41) is 0. The summed E-state index contributed by atoms with van der Waals surface area (Å²) in [5.74, 6) is -0.226. The van der Waals surface area contributed by atoms with E-state index in [2.05, 4.69) is 0 Å². The number of amides is 1. The zero-order chi connectivity index (χ0) is 13.1. The summed E-state index contributed by atoms with van der Waals surface area (Å²) < 4.78 is 23.6. The van der Waals surface area contributed by atoms with Gasteiger partial charge in [-0.05, 0) is 23.6 Å². The molecular weight excluding hydrogens is 352 g/mol. The van der Waals surface area contributed by atoms with Crippen LogP contribution in [0.1, 0.15) is 17.2 Å². The Morgan fingerprint density at radius 3 is 3.06 bits per heavy atom. The van der Waals surface area contributed by atoms with Crippen molar-refractivity contribution in [1.29, 1.82) is 0 Å². The third-order valence-corrected chi connectivity index (χ3v) is 3.49. The standard InChI is InChI=1S/C12H13FINO3/c1-17-7-11-9-3-2-4-10(13)8(9)5-6-15(11)12(16)18-14/h2-4,11H,5-7H2,1H3. The first-order valence-corrected chi connectivity index (χ1v) is 6.42. The fraction of sp³-hybridized carbons (Fsp3) is 0.417. The second-order valence-corrected chi connectivity index (χ2v) is 4.51. The van der Waals surface area contributed by atoms with Crippen LogP contribution in [0.3, 0.4) is 0 Å². The molecule has 1 atom stereocenters. The Bertz CT molecular complexity index is 455. The molecule has 1 aliphatic heterocycles. The maximum Gasteiger partial charge on any atom is 0.419 e. The first-order chi connectivity index (χ1) is 8.69. The molecule has 1 aromatic rings. The molecule has 1 amide bonds. The fourth-order valence-corrected chi connectivity index (χ4v) is 2.56. The molecular formula is C12H13FINO3. The van der Waals surface area contributed by atoms with Crippen molar-refractivity contribution in [2.45, 2.75) is 12.5 Å². The van der Waals surface area contributed by atoms with Gasteiger partial charge in [-0.25, -0.2) is 9.18 Å². The minimum absolute atomic E-state index is 0.226. The number of carbonyl (C=O) groups excluding carboxylic acids is 1. The highest BCUT2D eigenvalue weighted by atomic mass is 127. The van der Waals surface area contributed by atoms with Crippen molar-refractivity contribution >= 4 is 29.1 Å². The molecule has 0 saturated carbocycles. The third-order valence-electron chi connectivity index (χ3n) is 3.12. The SMILES string of the molecule is COCC1c2cccc(F)c2CCN1C(=O)OI. The smallest absolute Gasteiger partial charge is 0.382 e. The van der Waals surface area contributed by atoms with Crippen LogP contribution >= 0.6 is 23.0 Å². The summed E-state index contributed by atoms with van der Waals surface area (Å²) in [6, 6.07) is 4.62. The van der Waals surface area contributed by atoms with E-state index in [1.807, 2.05) is 6.07 Å². The van der Waals surface area contributed by atoms with Gasteiger partial charge >= 0.3 is 6.09 Å². The van der Waals surface area contributed by atoms with Crippen molar-refractivity contribution in [3.63, 3.8) is 0 Å². The second kappa shape index (κ2) is 5.83. The number of hydrogen-bond acceptors (Lipinski definition) is 3. The molecule has 0 spiro atoms. The third kappa shape index (κ3) is 2.44. The first kappa shape index (κ1) is 13.5. The average Bonchev–Trinajstić information content (AvgIpc) is 2.39. The lowest BCUT2D eigenvalue weighted by Gasteiger charge is -2.35. The van der Waals surface area contributed by atoms with Gasteiger partial charge in [-0.1, -0.05) is 12.1 Å². The Labute approximate surface area is 119 Å². The number of rotatable bonds is 2. The van der Waals surface area contributed by atoms with Gasteiger partial charge in [0.2, 0.25) is 0 Å². The lowest BCUT2D eigenvalue weighted by atomic mass is 9.93. The van der Waals surface area contributed by atoms with Gasteiger partial charge in [-0.15, -0.1) is 0 Å². The Morgan fingerprint density at radius 1 is 1.61 bits per heavy atom. The van der Waals surface area contributed by atoms with Gasteiger partial charge in [-0.2, -0.15) is 0 Å². The minimum Gasteiger partial charge on any atom is -0.382 e. The van der Waals surface area contributed by atoms with Gasteiger partial charge in [0.05, 0.1) is 12.6 Å². The average molecular weight is 365 g/mol. The van der Waals surface area contributed by atoms with Gasteiger partial charge in [0.25, 0.3) is 0 Å². The van der Waals surface area contributed by atoms with Crippen molar-refractivity contribution in [2.24, 2.45) is 0 Å². The molecule has 0 N–H and O–H groups in total. The van der Waals surface area contributed by atoms with E-state index in [4.69, 9.17) is 7.80 Å². The normalized spacial score (nSPS) is 18.4. The van der Waals surface area contributed by atoms with Crippen LogP contribution in [-0.4, -0.2) is 31.3 Å². The minimum atomic E-state index is -0.424. The number of ether oxygens (including phenoxy) is 1. The van der Waals surface area contributed by atoms with Crippen molar-refractivity contribution in [2.75, 3.05) is 20.3 Å². The topological polar surface area (TPSA) is 38.8 Å². The van der Waals surface area contributed by atoms with Crippen LogP contribution in [0.2, 0.25) is 0 Å². The molecule has 0 saturated heterocycles. The molecule has 1 aromatic carbocycles. The van der Waals surface area contributed by atoms with Crippen LogP contribution in [0.5, 0.6) is 0 Å². The number of fused-ring (bicyclic) bond motifs is 1. The maximum absolute atomic E-state index is 13.7. The molecule has 2 rings (SSSR count). The summed E-state index contributed by atoms with van der Waals surface area (Å²) in [5.41, 5.74) is 1.46. The Hall–Kier alpha value is -0.890. The van der Waals surface area contributed by atoms with Gasteiger partial charge in [-0.3, -0.25) is 4.90 Å². The molecule has 98 valence electrons. The van der Waals surface area contributed by atoms with Crippen molar-refractivity contribution < 1.29 is 17.0 Å². The van der Waals surface area contributed by atoms with Crippen LogP contribution in [0.4, 0.5) is 9.18 Å². The highest BCUT2D eigenvalue weighted by Crippen LogP contribution is 2.32. The number of nitrogens with zero attached hydrogens (tertiary/aromatic N) is 1. The monoisotopic (exact) mass is 365 g/mol. The predicted octanol–water partition coefficient (Wildman–Crippen LogP) is 2.86. The summed E-state index contributed by atoms with van der Waals surface area (Å²) in [7, 11) is 1.56. The van der Waals surface area contributed by atoms with Gasteiger partial charge in [0.1, 0.15) is 5.82 Å². The number of hydrogen-bond donors (Lipinski definition) is 0. The largest absolute Gasteiger partial charge is 0.419 e. The molecule has 4 nitrogen and oxygen atoms in total. The van der Waals surface area contributed by atoms with Crippen LogP contribution in [-0.2, 0) is 14.2 Å². The quantitative estimate of drug-likeness (QED) is 0.757. The molecule has 0 aromatic heterocycles. The van der Waals surface area contributed by atoms with E-state index >= 15 is 0 Å². The van der Waals surface area contributed by atoms with Crippen LogP contribution in [0.15, 0.2) is 18.2 Å². The summed E-state index contributed by atoms with van der Waals surface area (Å²) >= 11 is 1.55. The highest BCUT2D eigenvalue weighted by molar-refractivity contribution is 14.1. The van der Waals surface area contributed by atoms with Gasteiger partial charge in [0, 0.05) is 13.7 Å². The van der Waals surface area contributed by atoms with E-state index in [0.29, 0.717) is 25.1 Å². The van der Waals surface area contributed by atoms with E-state index in [9.17, 15) is 9.18 Å². The maximum atomic E-state index is 13.7. The Kier molecular flexibility index (Phi) is 4.39. The van der Waals surface area contributed by atoms with E-state index in [1.165, 1.54) is 6.07 Å². The van der Waals surface area contributed by atoms with E-state index < -0.39 is 6.09 Å². The molecule has 0 bridgehead atoms. The van der Waals surface area contributed by atoms with Crippen molar-refractivity contribution in [1.82, 2.24) is 4.90 Å². The van der Waals surface area contributed by atoms with E-state index in [1.54, 1.807) is 41.1 Å². The lowest BCUT2D eigenvalue weighted by Crippen LogP contribution is -2.41. The molecule has 1 aliphatic rings. The van der Waals surface area contributed by atoms with Crippen LogP contribution in [0, 0.1) is 5.82 Å². The number of carbonyl (C=O) groups is 1. The Morgan fingerprint density at radius 2 is 2.39 bits per heavy atom. The molecule has 6 heteroatoms. The highest BCUT2D eigenvalue weighted by Gasteiger charge is 2.32. The summed E-state index contributed by atoms with van der Waals surface area (Å²) in [6.45, 7) is 0.756. The zero-order valence-electron chi connectivity index (χ0n) is 9.86. The van der Waals surface area contributed by atoms with E-state index in [0.717, 1.165) is 5.56 Å². The molecule has 1 heterocycles. The number of benzene rings is 1. The van der Waals surface area contributed by atoms with Gasteiger partial charge < -0.3 is 7.80 Å². The summed E-state index contributed by atoms with van der Waals surface area (Å²) in [4.78, 5) is 13.3. The van der Waals surface area contributed by atoms with Crippen molar-refractivity contribution in [3.05, 3.63) is 35.1 Å². The zero-order valence-corrected chi connectivity index (χ0v) is 12.0. The van der Waals surface area contributed by atoms with Crippen molar-refractivity contribution in [3.8, 4) is 0 Å². The Balaban J connectivity index is 2.38. The molecule has 0 aliphatic carbocycles. The predicted molar refractivity (Wildman–Crippen MR) is 71.9 cm³/mol. The van der Waals surface area contributed by atoms with E-state index in [-0.39, 0.29) is 11.9 Å². The van der Waals surface area contributed by atoms with Gasteiger partial charge in [0.15, 0.2) is 23.0 Å². The molecule has 0 radical (unpaired) electrons. The molecule has 18 heavy (non-hydrogen) atoms. The number of halogens is 2. The fourth-order valence-electron chi connectivity index (χ4n) is 2.31. The first-order valence-electron chi connectivity index (χ1n) is 5.54. The second-order valence-electron chi connectivity index (χ2n) is 4.07. The van der Waals surface area contributed by atoms with Crippen LogP contribution in [0.25, 0.3) is 0 Å². The number of methoxy groups -OCH3 is 1. The molecule has 0 fully saturated rings. The lowest BCUT2D eigenvalue weighted by molar-refractivity contribution is 0.0842. The summed E-state index contributed by atoms with van der Waals surface area (Å²) in [6.07, 6.45) is 0.0705.